The number of morpholine rings is 1. The van der Waals surface area contributed by atoms with Crippen LogP contribution in [-0.4, -0.2) is 67.2 Å². The van der Waals surface area contributed by atoms with Gasteiger partial charge in [-0.05, 0) is 18.2 Å². The zero-order chi connectivity index (χ0) is 21.1. The van der Waals surface area contributed by atoms with Crippen LogP contribution in [-0.2, 0) is 4.74 Å². The Morgan fingerprint density at radius 3 is 2.80 bits per heavy atom. The van der Waals surface area contributed by atoms with Crippen molar-refractivity contribution in [3.05, 3.63) is 45.3 Å². The zero-order valence-corrected chi connectivity index (χ0v) is 17.9. The van der Waals surface area contributed by atoms with Crippen molar-refractivity contribution in [1.29, 1.82) is 0 Å². The molecule has 0 spiro atoms. The molecule has 0 bridgehead atoms. The summed E-state index contributed by atoms with van der Waals surface area (Å²) in [5.41, 5.74) is 0.746. The first-order valence-electron chi connectivity index (χ1n) is 9.36. The number of ether oxygens (including phenoxy) is 2. The molecule has 9 nitrogen and oxygen atoms in total. The number of thiazole rings is 1. The predicted molar refractivity (Wildman–Crippen MR) is 116 cm³/mol. The number of amides is 1. The predicted octanol–water partition coefficient (Wildman–Crippen LogP) is 3.25. The first kappa shape index (κ1) is 20.7. The number of hydrogen-bond donors (Lipinski definition) is 0. The number of methoxy groups -OCH3 is 1. The van der Waals surface area contributed by atoms with Crippen LogP contribution in [0.3, 0.4) is 0 Å². The lowest BCUT2D eigenvalue weighted by Crippen LogP contribution is -2.43. The van der Waals surface area contributed by atoms with Gasteiger partial charge < -0.3 is 9.47 Å². The number of nitrogens with zero attached hydrogens (tertiary/aromatic N) is 4. The molecule has 1 amide bonds. The second-order valence-electron chi connectivity index (χ2n) is 6.64. The molecule has 1 saturated heterocycles. The Balaban J connectivity index is 1.63. The molecule has 1 fully saturated rings. The lowest BCUT2D eigenvalue weighted by atomic mass is 10.3. The van der Waals surface area contributed by atoms with Gasteiger partial charge >= 0.3 is 5.00 Å². The Kier molecular flexibility index (Phi) is 6.23. The van der Waals surface area contributed by atoms with E-state index in [1.807, 2.05) is 18.2 Å². The van der Waals surface area contributed by atoms with Gasteiger partial charge in [-0.15, -0.1) is 0 Å². The minimum atomic E-state index is -0.483. The summed E-state index contributed by atoms with van der Waals surface area (Å²) in [6.45, 7) is 4.06. The molecule has 3 heterocycles. The highest BCUT2D eigenvalue weighted by Gasteiger charge is 2.25. The molecule has 0 N–H and O–H groups in total. The first-order chi connectivity index (χ1) is 14.5. The molecule has 2 aromatic heterocycles. The molecular formula is C19H20N4O5S2. The number of hydrogen-bond acceptors (Lipinski definition) is 9. The van der Waals surface area contributed by atoms with Crippen molar-refractivity contribution in [1.82, 2.24) is 9.88 Å². The van der Waals surface area contributed by atoms with Crippen LogP contribution in [0.5, 0.6) is 5.75 Å². The summed E-state index contributed by atoms with van der Waals surface area (Å²) in [4.78, 5) is 32.6. The fourth-order valence-corrected chi connectivity index (χ4v) is 4.90. The summed E-state index contributed by atoms with van der Waals surface area (Å²) in [6.07, 6.45) is 0. The van der Waals surface area contributed by atoms with Crippen LogP contribution in [0.4, 0.5) is 10.1 Å². The minimum absolute atomic E-state index is 0.0551. The number of fused-ring (bicyclic) bond motifs is 1. The molecule has 0 atom stereocenters. The number of anilines is 1. The molecule has 3 aromatic rings. The standard InChI is InChI=1S/C19H20N4O5S2/c1-27-13-2-3-15-14(12-13)20-19(30-15)22(7-6-21-8-10-28-11-9-21)18(24)16-4-5-17(29-16)23(25)26/h2-5,12H,6-11H2,1H3. The van der Waals surface area contributed by atoms with Crippen LogP contribution in [0.2, 0.25) is 0 Å². The van der Waals surface area contributed by atoms with E-state index in [1.54, 1.807) is 12.0 Å². The van der Waals surface area contributed by atoms with Gasteiger partial charge in [0.2, 0.25) is 0 Å². The third-order valence-electron chi connectivity index (χ3n) is 4.79. The lowest BCUT2D eigenvalue weighted by Gasteiger charge is -2.29. The Hall–Kier alpha value is -2.60. The Bertz CT molecular complexity index is 1060. The zero-order valence-electron chi connectivity index (χ0n) is 16.3. The van der Waals surface area contributed by atoms with Crippen LogP contribution in [0.25, 0.3) is 10.2 Å². The highest BCUT2D eigenvalue weighted by atomic mass is 32.1. The van der Waals surface area contributed by atoms with Crippen LogP contribution < -0.4 is 9.64 Å². The molecule has 0 aliphatic carbocycles. The van der Waals surface area contributed by atoms with Gasteiger partial charge in [0, 0.05) is 38.3 Å². The molecule has 1 aliphatic heterocycles. The van der Waals surface area contributed by atoms with Crippen LogP contribution in [0.1, 0.15) is 9.67 Å². The number of aromatic nitrogens is 1. The van der Waals surface area contributed by atoms with Crippen molar-refractivity contribution in [3.8, 4) is 5.75 Å². The monoisotopic (exact) mass is 448 g/mol. The number of nitro groups is 1. The van der Waals surface area contributed by atoms with Crippen LogP contribution in [0.15, 0.2) is 30.3 Å². The number of benzene rings is 1. The van der Waals surface area contributed by atoms with Crippen molar-refractivity contribution in [2.45, 2.75) is 0 Å². The van der Waals surface area contributed by atoms with E-state index in [2.05, 4.69) is 9.88 Å². The average Bonchev–Trinajstić information content (AvgIpc) is 3.41. The van der Waals surface area contributed by atoms with Crippen molar-refractivity contribution >= 4 is 48.9 Å². The van der Waals surface area contributed by atoms with E-state index in [-0.39, 0.29) is 10.9 Å². The number of rotatable bonds is 7. The van der Waals surface area contributed by atoms with Gasteiger partial charge in [0.05, 0.1) is 40.3 Å². The topological polar surface area (TPSA) is 98.0 Å². The molecule has 11 heteroatoms. The number of carbonyl (C=O) groups is 1. The van der Waals surface area contributed by atoms with E-state index in [0.717, 1.165) is 34.6 Å². The maximum atomic E-state index is 13.3. The number of carbonyl (C=O) groups excluding carboxylic acids is 1. The quantitative estimate of drug-likeness (QED) is 0.404. The van der Waals surface area contributed by atoms with E-state index in [1.165, 1.54) is 23.5 Å². The van der Waals surface area contributed by atoms with E-state index >= 15 is 0 Å². The Labute approximate surface area is 180 Å². The van der Waals surface area contributed by atoms with Crippen molar-refractivity contribution in [2.24, 2.45) is 0 Å². The summed E-state index contributed by atoms with van der Waals surface area (Å²) in [6, 6.07) is 8.46. The largest absolute Gasteiger partial charge is 0.497 e. The third kappa shape index (κ3) is 4.43. The molecule has 4 rings (SSSR count). The van der Waals surface area contributed by atoms with E-state index in [9.17, 15) is 14.9 Å². The highest BCUT2D eigenvalue weighted by Crippen LogP contribution is 2.33. The molecule has 0 radical (unpaired) electrons. The van der Waals surface area contributed by atoms with Gasteiger partial charge in [0.15, 0.2) is 5.13 Å². The smallest absolute Gasteiger partial charge is 0.324 e. The van der Waals surface area contributed by atoms with Gasteiger partial charge in [-0.2, -0.15) is 0 Å². The third-order valence-corrected chi connectivity index (χ3v) is 6.87. The average molecular weight is 449 g/mol. The summed E-state index contributed by atoms with van der Waals surface area (Å²) in [7, 11) is 1.59. The van der Waals surface area contributed by atoms with E-state index in [0.29, 0.717) is 42.1 Å². The Morgan fingerprint density at radius 1 is 1.30 bits per heavy atom. The summed E-state index contributed by atoms with van der Waals surface area (Å²) >= 11 is 2.29. The molecule has 0 unspecified atom stereocenters. The molecular weight excluding hydrogens is 428 g/mol. The first-order valence-corrected chi connectivity index (χ1v) is 11.0. The molecule has 1 aliphatic rings. The molecule has 0 saturated carbocycles. The molecule has 158 valence electrons. The summed E-state index contributed by atoms with van der Waals surface area (Å²) < 4.78 is 11.6. The second kappa shape index (κ2) is 9.04. The minimum Gasteiger partial charge on any atom is -0.497 e. The lowest BCUT2D eigenvalue weighted by molar-refractivity contribution is -0.380. The van der Waals surface area contributed by atoms with Gasteiger partial charge in [-0.25, -0.2) is 4.98 Å². The van der Waals surface area contributed by atoms with Gasteiger partial charge in [-0.1, -0.05) is 22.7 Å². The van der Waals surface area contributed by atoms with E-state index < -0.39 is 4.92 Å². The van der Waals surface area contributed by atoms with Crippen molar-refractivity contribution in [2.75, 3.05) is 51.4 Å². The van der Waals surface area contributed by atoms with Crippen LogP contribution in [0, 0.1) is 10.1 Å². The van der Waals surface area contributed by atoms with E-state index in [4.69, 9.17) is 9.47 Å². The van der Waals surface area contributed by atoms with Gasteiger partial charge in [0.1, 0.15) is 5.75 Å². The van der Waals surface area contributed by atoms with Crippen LogP contribution >= 0.6 is 22.7 Å². The fourth-order valence-electron chi connectivity index (χ4n) is 3.16. The normalized spacial score (nSPS) is 14.7. The SMILES string of the molecule is COc1ccc2sc(N(CCN3CCOCC3)C(=O)c3ccc([N+](=O)[O-])s3)nc2c1. The second-order valence-corrected chi connectivity index (χ2v) is 8.71. The van der Waals surface area contributed by atoms with Gasteiger partial charge in [0.25, 0.3) is 5.91 Å². The molecule has 1 aromatic carbocycles. The van der Waals surface area contributed by atoms with Crippen molar-refractivity contribution in [3.63, 3.8) is 0 Å². The summed E-state index contributed by atoms with van der Waals surface area (Å²) in [5, 5.41) is 11.5. The molecule has 30 heavy (non-hydrogen) atoms. The summed E-state index contributed by atoms with van der Waals surface area (Å²) in [5.74, 6) is 0.409. The highest BCUT2D eigenvalue weighted by molar-refractivity contribution is 7.22. The maximum Gasteiger partial charge on any atom is 0.324 e. The fraction of sp³-hybridized carbons (Fsp3) is 0.368. The Morgan fingerprint density at radius 2 is 2.10 bits per heavy atom. The van der Waals surface area contributed by atoms with Gasteiger partial charge in [-0.3, -0.25) is 24.7 Å². The maximum absolute atomic E-state index is 13.3. The number of thiophene rings is 1. The van der Waals surface area contributed by atoms with Crippen molar-refractivity contribution < 1.29 is 19.2 Å².